The lowest BCUT2D eigenvalue weighted by molar-refractivity contribution is 0.140. The molecule has 1 saturated heterocycles. The van der Waals surface area contributed by atoms with Crippen LogP contribution < -0.4 is 5.32 Å². The fourth-order valence-corrected chi connectivity index (χ4v) is 2.18. The highest BCUT2D eigenvalue weighted by molar-refractivity contribution is 5.22. The summed E-state index contributed by atoms with van der Waals surface area (Å²) in [6, 6.07) is 8.89. The third-order valence-electron chi connectivity index (χ3n) is 3.12. The summed E-state index contributed by atoms with van der Waals surface area (Å²) in [4.78, 5) is 2.47. The first-order chi connectivity index (χ1) is 8.38. The Morgan fingerprint density at radius 3 is 2.65 bits per heavy atom. The Bertz CT molecular complexity index is 315. The van der Waals surface area contributed by atoms with Gasteiger partial charge in [-0.1, -0.05) is 24.3 Å². The molecule has 0 atom stereocenters. The van der Waals surface area contributed by atoms with E-state index in [1.165, 1.54) is 11.1 Å². The minimum atomic E-state index is 0.873. The van der Waals surface area contributed by atoms with Gasteiger partial charge in [0.25, 0.3) is 0 Å². The van der Waals surface area contributed by atoms with E-state index in [0.29, 0.717) is 0 Å². The van der Waals surface area contributed by atoms with Gasteiger partial charge in [0.05, 0.1) is 6.61 Å². The monoisotopic (exact) mass is 234 g/mol. The molecule has 1 aliphatic rings. The fraction of sp³-hybridized carbons (Fsp3) is 0.571. The van der Waals surface area contributed by atoms with E-state index in [-0.39, 0.29) is 0 Å². The molecule has 0 saturated carbocycles. The Hall–Kier alpha value is -0.900. The van der Waals surface area contributed by atoms with Crippen LogP contribution in [0.3, 0.4) is 0 Å². The second-order valence-corrected chi connectivity index (χ2v) is 4.59. The van der Waals surface area contributed by atoms with Gasteiger partial charge in [0, 0.05) is 32.8 Å². The van der Waals surface area contributed by atoms with E-state index in [4.69, 9.17) is 4.74 Å². The highest BCUT2D eigenvalue weighted by Gasteiger charge is 2.09. The van der Waals surface area contributed by atoms with E-state index in [1.54, 1.807) is 0 Å². The van der Waals surface area contributed by atoms with Crippen molar-refractivity contribution >= 4 is 0 Å². The predicted octanol–water partition coefficient (Wildman–Crippen LogP) is 1.63. The summed E-state index contributed by atoms with van der Waals surface area (Å²) in [5, 5.41) is 3.17. The zero-order valence-corrected chi connectivity index (χ0v) is 10.6. The van der Waals surface area contributed by atoms with Crippen molar-refractivity contribution in [2.24, 2.45) is 0 Å². The summed E-state index contributed by atoms with van der Waals surface area (Å²) in [6.07, 6.45) is 1.15. The molecule has 17 heavy (non-hydrogen) atoms. The van der Waals surface area contributed by atoms with Gasteiger partial charge in [-0.3, -0.25) is 4.90 Å². The summed E-state index contributed by atoms with van der Waals surface area (Å²) in [7, 11) is 1.98. The Labute approximate surface area is 104 Å². The van der Waals surface area contributed by atoms with E-state index < -0.39 is 0 Å². The second kappa shape index (κ2) is 6.74. The molecule has 0 aliphatic carbocycles. The number of hydrogen-bond donors (Lipinski definition) is 1. The first-order valence-corrected chi connectivity index (χ1v) is 6.41. The average Bonchev–Trinajstić information content (AvgIpc) is 2.61. The molecule has 1 N–H and O–H groups in total. The zero-order chi connectivity index (χ0) is 11.9. The number of nitrogens with one attached hydrogen (secondary N) is 1. The van der Waals surface area contributed by atoms with Crippen LogP contribution in [0.15, 0.2) is 24.3 Å². The molecule has 3 heteroatoms. The first kappa shape index (κ1) is 12.6. The Morgan fingerprint density at radius 1 is 1.12 bits per heavy atom. The molecular weight excluding hydrogens is 212 g/mol. The molecule has 0 radical (unpaired) electrons. The molecule has 0 spiro atoms. The van der Waals surface area contributed by atoms with Crippen LogP contribution in [0.1, 0.15) is 17.5 Å². The van der Waals surface area contributed by atoms with E-state index in [9.17, 15) is 0 Å². The van der Waals surface area contributed by atoms with Crippen LogP contribution in [0.4, 0.5) is 0 Å². The molecule has 1 heterocycles. The topological polar surface area (TPSA) is 24.5 Å². The van der Waals surface area contributed by atoms with Gasteiger partial charge in [0.2, 0.25) is 0 Å². The Balaban J connectivity index is 1.88. The molecule has 0 unspecified atom stereocenters. The van der Waals surface area contributed by atoms with Crippen LogP contribution in [0.2, 0.25) is 0 Å². The van der Waals surface area contributed by atoms with Gasteiger partial charge in [-0.25, -0.2) is 0 Å². The van der Waals surface area contributed by atoms with E-state index >= 15 is 0 Å². The first-order valence-electron chi connectivity index (χ1n) is 6.41. The van der Waals surface area contributed by atoms with Crippen LogP contribution in [0.25, 0.3) is 0 Å². The molecular formula is C14H22N2O. The molecule has 0 aromatic heterocycles. The SMILES string of the molecule is CNCc1ccc(CN2CCCOCC2)cc1. The third kappa shape index (κ3) is 4.11. The molecule has 0 bridgehead atoms. The van der Waals surface area contributed by atoms with Crippen molar-refractivity contribution in [3.63, 3.8) is 0 Å². The minimum absolute atomic E-state index is 0.873. The average molecular weight is 234 g/mol. The number of rotatable bonds is 4. The molecule has 2 rings (SSSR count). The standard InChI is InChI=1S/C14H22N2O/c1-15-11-13-3-5-14(6-4-13)12-16-7-2-9-17-10-8-16/h3-6,15H,2,7-12H2,1H3. The fourth-order valence-electron chi connectivity index (χ4n) is 2.18. The van der Waals surface area contributed by atoms with Crippen molar-refractivity contribution in [1.29, 1.82) is 0 Å². The lowest BCUT2D eigenvalue weighted by atomic mass is 10.1. The predicted molar refractivity (Wildman–Crippen MR) is 69.9 cm³/mol. The number of hydrogen-bond acceptors (Lipinski definition) is 3. The molecule has 1 aliphatic heterocycles. The Kier molecular flexibility index (Phi) is 4.98. The van der Waals surface area contributed by atoms with Crippen LogP contribution in [-0.2, 0) is 17.8 Å². The molecule has 1 aromatic carbocycles. The van der Waals surface area contributed by atoms with E-state index in [2.05, 4.69) is 34.5 Å². The van der Waals surface area contributed by atoms with Gasteiger partial charge in [-0.05, 0) is 24.6 Å². The number of benzene rings is 1. The molecule has 1 fully saturated rings. The lowest BCUT2D eigenvalue weighted by Gasteiger charge is -2.19. The minimum Gasteiger partial charge on any atom is -0.380 e. The molecule has 0 amide bonds. The summed E-state index contributed by atoms with van der Waals surface area (Å²) in [6.45, 7) is 5.98. The second-order valence-electron chi connectivity index (χ2n) is 4.59. The van der Waals surface area contributed by atoms with Crippen LogP contribution in [-0.4, -0.2) is 38.3 Å². The van der Waals surface area contributed by atoms with Gasteiger partial charge in [0.15, 0.2) is 0 Å². The molecule has 3 nitrogen and oxygen atoms in total. The maximum atomic E-state index is 5.46. The smallest absolute Gasteiger partial charge is 0.0593 e. The largest absolute Gasteiger partial charge is 0.380 e. The van der Waals surface area contributed by atoms with Gasteiger partial charge >= 0.3 is 0 Å². The van der Waals surface area contributed by atoms with Crippen molar-refractivity contribution in [3.8, 4) is 0 Å². The maximum absolute atomic E-state index is 5.46. The maximum Gasteiger partial charge on any atom is 0.0593 e. The molecule has 1 aromatic rings. The number of ether oxygens (including phenoxy) is 1. The van der Waals surface area contributed by atoms with E-state index in [1.807, 2.05) is 7.05 Å². The summed E-state index contributed by atoms with van der Waals surface area (Å²) < 4.78 is 5.46. The van der Waals surface area contributed by atoms with Crippen LogP contribution >= 0.6 is 0 Å². The summed E-state index contributed by atoms with van der Waals surface area (Å²) >= 11 is 0. The van der Waals surface area contributed by atoms with E-state index in [0.717, 1.165) is 45.8 Å². The Morgan fingerprint density at radius 2 is 1.88 bits per heavy atom. The van der Waals surface area contributed by atoms with Gasteiger partial charge in [0.1, 0.15) is 0 Å². The zero-order valence-electron chi connectivity index (χ0n) is 10.6. The summed E-state index contributed by atoms with van der Waals surface area (Å²) in [5.74, 6) is 0. The van der Waals surface area contributed by atoms with Crippen molar-refractivity contribution in [3.05, 3.63) is 35.4 Å². The van der Waals surface area contributed by atoms with Crippen LogP contribution in [0.5, 0.6) is 0 Å². The quantitative estimate of drug-likeness (QED) is 0.857. The van der Waals surface area contributed by atoms with Gasteiger partial charge < -0.3 is 10.1 Å². The van der Waals surface area contributed by atoms with Gasteiger partial charge in [-0.2, -0.15) is 0 Å². The van der Waals surface area contributed by atoms with Crippen molar-refractivity contribution in [2.45, 2.75) is 19.5 Å². The highest BCUT2D eigenvalue weighted by atomic mass is 16.5. The van der Waals surface area contributed by atoms with Crippen molar-refractivity contribution in [2.75, 3.05) is 33.4 Å². The van der Waals surface area contributed by atoms with Crippen molar-refractivity contribution < 1.29 is 4.74 Å². The summed E-state index contributed by atoms with van der Waals surface area (Å²) in [5.41, 5.74) is 2.74. The van der Waals surface area contributed by atoms with Crippen LogP contribution in [0, 0.1) is 0 Å². The normalized spacial score (nSPS) is 17.9. The highest BCUT2D eigenvalue weighted by Crippen LogP contribution is 2.09. The van der Waals surface area contributed by atoms with Crippen molar-refractivity contribution in [1.82, 2.24) is 10.2 Å². The lowest BCUT2D eigenvalue weighted by Crippen LogP contribution is -2.25. The van der Waals surface area contributed by atoms with Gasteiger partial charge in [-0.15, -0.1) is 0 Å². The third-order valence-corrected chi connectivity index (χ3v) is 3.12. The number of nitrogens with zero attached hydrogens (tertiary/aromatic N) is 1. The molecule has 94 valence electrons.